The number of halogens is 2. The van der Waals surface area contributed by atoms with Gasteiger partial charge in [0.15, 0.2) is 16.3 Å². The first kappa shape index (κ1) is 17.8. The highest BCUT2D eigenvalue weighted by Gasteiger charge is 2.26. The van der Waals surface area contributed by atoms with Crippen LogP contribution in [0.4, 0.5) is 5.69 Å². The van der Waals surface area contributed by atoms with Gasteiger partial charge in [-0.15, -0.1) is 0 Å². The zero-order valence-corrected chi connectivity index (χ0v) is 14.9. The highest BCUT2D eigenvalue weighted by atomic mass is 35.5. The second kappa shape index (κ2) is 7.84. The van der Waals surface area contributed by atoms with Crippen molar-refractivity contribution >= 4 is 34.8 Å². The van der Waals surface area contributed by atoms with E-state index in [0.717, 1.165) is 5.69 Å². The smallest absolute Gasteiger partial charge is 0.255 e. The van der Waals surface area contributed by atoms with E-state index in [1.807, 2.05) is 12.1 Å². The molecule has 1 amide bonds. The molecule has 0 bridgehead atoms. The van der Waals surface area contributed by atoms with Crippen molar-refractivity contribution in [3.63, 3.8) is 0 Å². The number of piperazine rings is 1. The van der Waals surface area contributed by atoms with Gasteiger partial charge in [0.05, 0.1) is 21.3 Å². The Kier molecular flexibility index (Phi) is 6.07. The van der Waals surface area contributed by atoms with E-state index in [4.69, 9.17) is 37.4 Å². The van der Waals surface area contributed by atoms with Crippen LogP contribution in [0, 0.1) is 0 Å². The minimum atomic E-state index is -1.01. The first-order chi connectivity index (χ1) is 11.0. The fourth-order valence-electron chi connectivity index (χ4n) is 2.57. The molecule has 1 aromatic carbocycles. The fourth-order valence-corrected chi connectivity index (χ4v) is 2.85. The number of ether oxygens (including phenoxy) is 3. The molecule has 0 aromatic heterocycles. The standard InChI is InChI=1S/C15H20Cl2N2O4/c1-21-11-8-10(9-12(22-2)13(11)23-3)18-4-6-19(7-5-18)15(20)14(16)17/h8-9,14H,4-7H2,1-3H3. The van der Waals surface area contributed by atoms with Gasteiger partial charge in [-0.05, 0) is 0 Å². The van der Waals surface area contributed by atoms with Crippen LogP contribution in [0.5, 0.6) is 17.2 Å². The quantitative estimate of drug-likeness (QED) is 0.751. The van der Waals surface area contributed by atoms with Crippen molar-refractivity contribution in [2.24, 2.45) is 0 Å². The molecule has 1 saturated heterocycles. The number of alkyl halides is 2. The lowest BCUT2D eigenvalue weighted by Gasteiger charge is -2.36. The van der Waals surface area contributed by atoms with Crippen LogP contribution in [-0.2, 0) is 4.79 Å². The highest BCUT2D eigenvalue weighted by Crippen LogP contribution is 2.41. The molecule has 6 nitrogen and oxygen atoms in total. The van der Waals surface area contributed by atoms with E-state index in [-0.39, 0.29) is 5.91 Å². The molecular weight excluding hydrogens is 343 g/mol. The summed E-state index contributed by atoms with van der Waals surface area (Å²) >= 11 is 11.3. The Bertz CT molecular complexity index is 535. The maximum Gasteiger partial charge on any atom is 0.255 e. The Balaban J connectivity index is 2.16. The summed E-state index contributed by atoms with van der Waals surface area (Å²) in [5.74, 6) is 1.50. The predicted octanol–water partition coefficient (Wildman–Crippen LogP) is 2.16. The Hall–Kier alpha value is -1.53. The Morgan fingerprint density at radius 1 is 1.00 bits per heavy atom. The molecule has 2 rings (SSSR count). The second-order valence-corrected chi connectivity index (χ2v) is 6.09. The summed E-state index contributed by atoms with van der Waals surface area (Å²) in [5, 5.41) is 0. The molecule has 0 N–H and O–H groups in total. The molecule has 0 radical (unpaired) electrons. The van der Waals surface area contributed by atoms with E-state index < -0.39 is 4.84 Å². The van der Waals surface area contributed by atoms with Gasteiger partial charge in [0.2, 0.25) is 5.75 Å². The summed E-state index contributed by atoms with van der Waals surface area (Å²) in [6.07, 6.45) is 0. The van der Waals surface area contributed by atoms with Gasteiger partial charge in [0.1, 0.15) is 0 Å². The lowest BCUT2D eigenvalue weighted by Crippen LogP contribution is -2.50. The van der Waals surface area contributed by atoms with Crippen molar-refractivity contribution in [1.82, 2.24) is 4.90 Å². The Morgan fingerprint density at radius 3 is 1.91 bits per heavy atom. The van der Waals surface area contributed by atoms with Crippen LogP contribution >= 0.6 is 23.2 Å². The van der Waals surface area contributed by atoms with E-state index >= 15 is 0 Å². The van der Waals surface area contributed by atoms with Crippen molar-refractivity contribution in [1.29, 1.82) is 0 Å². The van der Waals surface area contributed by atoms with Crippen molar-refractivity contribution in [3.05, 3.63) is 12.1 Å². The number of amides is 1. The fraction of sp³-hybridized carbons (Fsp3) is 0.533. The molecule has 0 aliphatic carbocycles. The van der Waals surface area contributed by atoms with Gasteiger partial charge in [-0.2, -0.15) is 0 Å². The third-order valence-corrected chi connectivity index (χ3v) is 4.17. The number of rotatable bonds is 5. The monoisotopic (exact) mass is 362 g/mol. The minimum Gasteiger partial charge on any atom is -0.493 e. The lowest BCUT2D eigenvalue weighted by atomic mass is 10.2. The van der Waals surface area contributed by atoms with Crippen LogP contribution in [0.15, 0.2) is 12.1 Å². The SMILES string of the molecule is COc1cc(N2CCN(C(=O)C(Cl)Cl)CC2)cc(OC)c1OC. The van der Waals surface area contributed by atoms with Crippen molar-refractivity contribution < 1.29 is 19.0 Å². The van der Waals surface area contributed by atoms with Crippen LogP contribution in [0.1, 0.15) is 0 Å². The summed E-state index contributed by atoms with van der Waals surface area (Å²) < 4.78 is 16.1. The predicted molar refractivity (Wildman–Crippen MR) is 90.4 cm³/mol. The summed E-state index contributed by atoms with van der Waals surface area (Å²) in [6, 6.07) is 3.79. The maximum absolute atomic E-state index is 11.8. The number of methoxy groups -OCH3 is 3. The van der Waals surface area contributed by atoms with Crippen LogP contribution in [0.25, 0.3) is 0 Å². The molecule has 23 heavy (non-hydrogen) atoms. The van der Waals surface area contributed by atoms with Gasteiger partial charge in [-0.1, -0.05) is 23.2 Å². The van der Waals surface area contributed by atoms with Crippen molar-refractivity contribution in [3.8, 4) is 17.2 Å². The molecule has 0 saturated carbocycles. The summed E-state index contributed by atoms with van der Waals surface area (Å²) in [7, 11) is 4.73. The summed E-state index contributed by atoms with van der Waals surface area (Å²) in [6.45, 7) is 2.46. The summed E-state index contributed by atoms with van der Waals surface area (Å²) in [5.41, 5.74) is 0.944. The Labute approximate surface area is 145 Å². The van der Waals surface area contributed by atoms with Crippen molar-refractivity contribution in [2.45, 2.75) is 4.84 Å². The van der Waals surface area contributed by atoms with Gasteiger partial charge in [0.25, 0.3) is 5.91 Å². The van der Waals surface area contributed by atoms with E-state index in [1.165, 1.54) is 0 Å². The third-order valence-electron chi connectivity index (χ3n) is 3.79. The number of hydrogen-bond acceptors (Lipinski definition) is 5. The molecule has 8 heteroatoms. The molecule has 1 fully saturated rings. The van der Waals surface area contributed by atoms with Gasteiger partial charge in [0, 0.05) is 44.0 Å². The van der Waals surface area contributed by atoms with E-state index in [0.29, 0.717) is 43.4 Å². The molecule has 0 spiro atoms. The molecule has 1 aliphatic rings. The minimum absolute atomic E-state index is 0.252. The molecule has 128 valence electrons. The van der Waals surface area contributed by atoms with Crippen LogP contribution in [0.3, 0.4) is 0 Å². The van der Waals surface area contributed by atoms with Crippen LogP contribution in [-0.4, -0.2) is 63.2 Å². The third kappa shape index (κ3) is 3.87. The number of nitrogens with zero attached hydrogens (tertiary/aromatic N) is 2. The Morgan fingerprint density at radius 2 is 1.52 bits per heavy atom. The molecule has 1 aromatic rings. The van der Waals surface area contributed by atoms with E-state index in [2.05, 4.69) is 4.90 Å². The number of carbonyl (C=O) groups excluding carboxylic acids is 1. The van der Waals surface area contributed by atoms with Crippen molar-refractivity contribution in [2.75, 3.05) is 52.4 Å². The average Bonchev–Trinajstić information content (AvgIpc) is 2.59. The number of carbonyl (C=O) groups is 1. The average molecular weight is 363 g/mol. The topological polar surface area (TPSA) is 51.2 Å². The molecular formula is C15H20Cl2N2O4. The number of hydrogen-bond donors (Lipinski definition) is 0. The molecule has 1 heterocycles. The first-order valence-corrected chi connectivity index (χ1v) is 8.01. The first-order valence-electron chi connectivity index (χ1n) is 7.13. The van der Waals surface area contributed by atoms with Gasteiger partial charge >= 0.3 is 0 Å². The lowest BCUT2D eigenvalue weighted by molar-refractivity contribution is -0.129. The zero-order valence-electron chi connectivity index (χ0n) is 13.3. The molecule has 0 atom stereocenters. The van der Waals surface area contributed by atoms with Gasteiger partial charge < -0.3 is 24.0 Å². The largest absolute Gasteiger partial charge is 0.493 e. The van der Waals surface area contributed by atoms with Crippen LogP contribution < -0.4 is 19.1 Å². The van der Waals surface area contributed by atoms with Crippen LogP contribution in [0.2, 0.25) is 0 Å². The van der Waals surface area contributed by atoms with Gasteiger partial charge in [-0.25, -0.2) is 0 Å². The summed E-state index contributed by atoms with van der Waals surface area (Å²) in [4.78, 5) is 14.6. The maximum atomic E-state index is 11.8. The molecule has 0 unspecified atom stereocenters. The van der Waals surface area contributed by atoms with Gasteiger partial charge in [-0.3, -0.25) is 4.79 Å². The highest BCUT2D eigenvalue weighted by molar-refractivity contribution is 6.53. The van der Waals surface area contributed by atoms with E-state index in [1.54, 1.807) is 26.2 Å². The molecule has 1 aliphatic heterocycles. The number of anilines is 1. The zero-order chi connectivity index (χ0) is 17.0. The normalized spacial score (nSPS) is 14.9. The second-order valence-electron chi connectivity index (χ2n) is 5.00. The van der Waals surface area contributed by atoms with E-state index in [9.17, 15) is 4.79 Å². The number of benzene rings is 1.